The molecule has 2 saturated heterocycles. The smallest absolute Gasteiger partial charge is 0.243 e. The second-order valence-corrected chi connectivity index (χ2v) is 13.3. The van der Waals surface area contributed by atoms with E-state index >= 15 is 4.39 Å². The minimum Gasteiger partial charge on any atom is -0.381 e. The molecule has 236 valence electrons. The highest BCUT2D eigenvalue weighted by Gasteiger charge is 2.44. The lowest BCUT2D eigenvalue weighted by Gasteiger charge is -2.41. The number of amides is 1. The molecule has 2 aliphatic heterocycles. The van der Waals surface area contributed by atoms with Gasteiger partial charge in [0.25, 0.3) is 0 Å². The van der Waals surface area contributed by atoms with Gasteiger partial charge < -0.3 is 21.1 Å². The van der Waals surface area contributed by atoms with Crippen molar-refractivity contribution in [2.24, 2.45) is 5.73 Å². The number of nitrogens with one attached hydrogen (secondary N) is 2. The number of benzene rings is 3. The fourth-order valence-corrected chi connectivity index (χ4v) is 8.26. The van der Waals surface area contributed by atoms with Gasteiger partial charge in [0.05, 0.1) is 10.9 Å². The summed E-state index contributed by atoms with van der Waals surface area (Å²) in [5.74, 6) is -3.20. The van der Waals surface area contributed by atoms with Crippen molar-refractivity contribution in [1.82, 2.24) is 9.62 Å². The summed E-state index contributed by atoms with van der Waals surface area (Å²) in [4.78, 5) is 13.8. The van der Waals surface area contributed by atoms with Crippen molar-refractivity contribution in [3.8, 4) is 0 Å². The summed E-state index contributed by atoms with van der Waals surface area (Å²) < 4.78 is 77.5. The number of hydrogen-bond donors (Lipinski definition) is 3. The summed E-state index contributed by atoms with van der Waals surface area (Å²) in [6.45, 7) is 3.25. The van der Waals surface area contributed by atoms with Crippen LogP contribution in [-0.4, -0.2) is 63.1 Å². The molecule has 3 aromatic carbocycles. The van der Waals surface area contributed by atoms with E-state index < -0.39 is 50.9 Å². The number of rotatable bonds is 9. The molecular weight excluding hydrogens is 593 g/mol. The number of anilines is 1. The van der Waals surface area contributed by atoms with Crippen LogP contribution in [0.3, 0.4) is 0 Å². The van der Waals surface area contributed by atoms with Gasteiger partial charge in [-0.3, -0.25) is 4.79 Å². The summed E-state index contributed by atoms with van der Waals surface area (Å²) in [6.07, 6.45) is 1.04. The first kappa shape index (κ1) is 32.1. The number of carbonyl (C=O) groups excluding carboxylic acids is 1. The molecule has 5 rings (SSSR count). The molecule has 0 unspecified atom stereocenters. The first-order chi connectivity index (χ1) is 21.0. The Kier molecular flexibility index (Phi) is 9.76. The maximum absolute atomic E-state index is 15.3. The van der Waals surface area contributed by atoms with E-state index in [0.29, 0.717) is 31.5 Å². The van der Waals surface area contributed by atoms with Gasteiger partial charge in [-0.2, -0.15) is 4.31 Å². The normalized spacial score (nSPS) is 21.5. The zero-order valence-electron chi connectivity index (χ0n) is 24.4. The molecule has 8 nitrogen and oxygen atoms in total. The predicted octanol–water partition coefficient (Wildman–Crippen LogP) is 4.10. The fourth-order valence-electron chi connectivity index (χ4n) is 6.40. The Morgan fingerprint density at radius 3 is 2.45 bits per heavy atom. The number of nitrogens with two attached hydrogens (primary N) is 1. The van der Waals surface area contributed by atoms with E-state index in [1.165, 1.54) is 22.5 Å². The van der Waals surface area contributed by atoms with Crippen molar-refractivity contribution >= 4 is 21.6 Å². The van der Waals surface area contributed by atoms with Crippen molar-refractivity contribution in [3.05, 3.63) is 95.3 Å². The monoisotopic (exact) mass is 630 g/mol. The molecule has 3 atom stereocenters. The lowest BCUT2D eigenvalue weighted by molar-refractivity contribution is -0.120. The Bertz CT molecular complexity index is 1590. The molecule has 0 aliphatic carbocycles. The Morgan fingerprint density at radius 2 is 1.75 bits per heavy atom. The lowest BCUT2D eigenvalue weighted by Crippen LogP contribution is -2.58. The van der Waals surface area contributed by atoms with Gasteiger partial charge in [0.15, 0.2) is 11.6 Å². The molecule has 2 fully saturated rings. The molecule has 0 saturated carbocycles. The number of piperazine rings is 1. The van der Waals surface area contributed by atoms with Crippen LogP contribution < -0.4 is 16.4 Å². The number of ether oxygens (including phenoxy) is 1. The third-order valence-corrected chi connectivity index (χ3v) is 10.9. The topological polar surface area (TPSA) is 114 Å². The second kappa shape index (κ2) is 13.4. The van der Waals surface area contributed by atoms with Gasteiger partial charge in [-0.15, -0.1) is 0 Å². The predicted molar refractivity (Wildman–Crippen MR) is 161 cm³/mol. The molecule has 44 heavy (non-hydrogen) atoms. The van der Waals surface area contributed by atoms with E-state index in [0.717, 1.165) is 12.1 Å². The molecule has 2 heterocycles. The largest absolute Gasteiger partial charge is 0.381 e. The van der Waals surface area contributed by atoms with E-state index in [2.05, 4.69) is 10.6 Å². The van der Waals surface area contributed by atoms with Crippen molar-refractivity contribution < 1.29 is 31.1 Å². The Hall–Kier alpha value is -3.29. The van der Waals surface area contributed by atoms with Crippen LogP contribution >= 0.6 is 0 Å². The fraction of sp³-hybridized carbons (Fsp3) is 0.406. The van der Waals surface area contributed by atoms with E-state index in [9.17, 15) is 22.0 Å². The lowest BCUT2D eigenvalue weighted by atomic mass is 9.68. The van der Waals surface area contributed by atoms with Crippen LogP contribution in [-0.2, 0) is 31.4 Å². The minimum absolute atomic E-state index is 0.138. The molecule has 0 bridgehead atoms. The Balaban J connectivity index is 1.37. The molecular formula is C32H37F3N4O4S. The molecule has 1 amide bonds. The van der Waals surface area contributed by atoms with Crippen LogP contribution in [0.4, 0.5) is 18.9 Å². The van der Waals surface area contributed by atoms with E-state index in [1.54, 1.807) is 36.4 Å². The number of hydrogen-bond acceptors (Lipinski definition) is 6. The number of halogens is 3. The standard InChI is InChI=1S/C32H37F3N4O4S/c1-21-19-37-20-23(39(21)44(41,42)24-6-3-2-4-7-24)11-12-25-26(33)8-5-9-29(25)38-31(40)30(36)32(14-16-43-17-15-32)22-10-13-27(34)28(35)18-22/h2-10,13,18,21,23,30,37H,11-12,14-17,19-20,36H2,1H3,(H,38,40)/t21-,23+,30-/m1/s1. The molecule has 12 heteroatoms. The molecule has 0 aromatic heterocycles. The molecule has 0 radical (unpaired) electrons. The summed E-state index contributed by atoms with van der Waals surface area (Å²) in [5, 5.41) is 6.04. The maximum atomic E-state index is 15.3. The third kappa shape index (κ3) is 6.40. The van der Waals surface area contributed by atoms with Gasteiger partial charge in [-0.05, 0) is 74.6 Å². The number of nitrogens with zero attached hydrogens (tertiary/aromatic N) is 1. The highest BCUT2D eigenvalue weighted by Crippen LogP contribution is 2.39. The van der Waals surface area contributed by atoms with Crippen LogP contribution in [0.5, 0.6) is 0 Å². The van der Waals surface area contributed by atoms with Crippen LogP contribution in [0, 0.1) is 17.5 Å². The Morgan fingerprint density at radius 1 is 1.02 bits per heavy atom. The van der Waals surface area contributed by atoms with E-state index in [4.69, 9.17) is 10.5 Å². The highest BCUT2D eigenvalue weighted by atomic mass is 32.2. The van der Waals surface area contributed by atoms with Gasteiger partial charge >= 0.3 is 0 Å². The SMILES string of the molecule is C[C@@H]1CNC[C@H](CCc2c(F)cccc2NC(=O)[C@@H](N)C2(c3ccc(F)c(F)c3)CCOCC2)N1S(=O)(=O)c1ccccc1. The maximum Gasteiger partial charge on any atom is 0.243 e. The average molecular weight is 631 g/mol. The quantitative estimate of drug-likeness (QED) is 0.328. The zero-order valence-corrected chi connectivity index (χ0v) is 25.3. The van der Waals surface area contributed by atoms with Crippen LogP contribution in [0.25, 0.3) is 0 Å². The van der Waals surface area contributed by atoms with Gasteiger partial charge in [0, 0.05) is 55.1 Å². The van der Waals surface area contributed by atoms with Crippen LogP contribution in [0.1, 0.15) is 37.3 Å². The molecule has 0 spiro atoms. The van der Waals surface area contributed by atoms with E-state index in [1.807, 2.05) is 6.92 Å². The summed E-state index contributed by atoms with van der Waals surface area (Å²) in [5.41, 5.74) is 6.35. The minimum atomic E-state index is -3.81. The highest BCUT2D eigenvalue weighted by molar-refractivity contribution is 7.89. The van der Waals surface area contributed by atoms with Crippen molar-refractivity contribution in [3.63, 3.8) is 0 Å². The summed E-state index contributed by atoms with van der Waals surface area (Å²) >= 11 is 0. The van der Waals surface area contributed by atoms with Crippen LogP contribution in [0.15, 0.2) is 71.6 Å². The average Bonchev–Trinajstić information content (AvgIpc) is 3.02. The van der Waals surface area contributed by atoms with Gasteiger partial charge in [0.2, 0.25) is 15.9 Å². The van der Waals surface area contributed by atoms with Crippen molar-refractivity contribution in [1.29, 1.82) is 0 Å². The van der Waals surface area contributed by atoms with Gasteiger partial charge in [-0.1, -0.05) is 30.3 Å². The summed E-state index contributed by atoms with van der Waals surface area (Å²) in [6, 6.07) is 14.1. The Labute approximate surface area is 255 Å². The molecule has 4 N–H and O–H groups in total. The number of carbonyl (C=O) groups is 1. The molecule has 2 aliphatic rings. The second-order valence-electron chi connectivity index (χ2n) is 11.5. The molecule has 3 aromatic rings. The number of sulfonamides is 1. The summed E-state index contributed by atoms with van der Waals surface area (Å²) in [7, 11) is -3.81. The zero-order chi connectivity index (χ0) is 31.5. The third-order valence-electron chi connectivity index (χ3n) is 8.79. The van der Waals surface area contributed by atoms with Gasteiger partial charge in [-0.25, -0.2) is 21.6 Å². The van der Waals surface area contributed by atoms with Crippen molar-refractivity contribution in [2.45, 2.75) is 61.0 Å². The van der Waals surface area contributed by atoms with E-state index in [-0.39, 0.29) is 48.2 Å². The van der Waals surface area contributed by atoms with Crippen LogP contribution in [0.2, 0.25) is 0 Å². The van der Waals surface area contributed by atoms with Gasteiger partial charge in [0.1, 0.15) is 5.82 Å². The first-order valence-electron chi connectivity index (χ1n) is 14.7. The van der Waals surface area contributed by atoms with Crippen molar-refractivity contribution in [2.75, 3.05) is 31.6 Å². The first-order valence-corrected chi connectivity index (χ1v) is 16.1.